The number of H-pyrrole nitrogens is 1. The molecule has 1 atom stereocenters. The highest BCUT2D eigenvalue weighted by Gasteiger charge is 2.35. The van der Waals surface area contributed by atoms with Gasteiger partial charge in [-0.15, -0.1) is 0 Å². The van der Waals surface area contributed by atoms with Crippen molar-refractivity contribution in [3.8, 4) is 6.07 Å². The summed E-state index contributed by atoms with van der Waals surface area (Å²) >= 11 is 0. The van der Waals surface area contributed by atoms with Gasteiger partial charge in [0.1, 0.15) is 16.6 Å². The van der Waals surface area contributed by atoms with Crippen molar-refractivity contribution in [2.75, 3.05) is 18.4 Å². The van der Waals surface area contributed by atoms with E-state index in [-0.39, 0.29) is 17.5 Å². The Hall–Kier alpha value is -3.08. The lowest BCUT2D eigenvalue weighted by molar-refractivity contribution is -0.138. The Morgan fingerprint density at radius 2 is 2.27 bits per heavy atom. The molecule has 0 bridgehead atoms. The number of piperidine rings is 1. The van der Waals surface area contributed by atoms with Crippen LogP contribution in [0.4, 0.5) is 5.69 Å². The number of anilines is 1. The molecule has 1 fully saturated rings. The third-order valence-corrected chi connectivity index (χ3v) is 4.69. The molecule has 0 aliphatic carbocycles. The molecule has 3 heterocycles. The van der Waals surface area contributed by atoms with Crippen molar-refractivity contribution >= 4 is 28.6 Å². The number of carboxylic acids is 1. The van der Waals surface area contributed by atoms with E-state index in [1.54, 1.807) is 31.0 Å². The van der Waals surface area contributed by atoms with E-state index >= 15 is 0 Å². The number of fused-ring (bicyclic) bond motifs is 1. The number of rotatable bonds is 4. The number of nitrogens with zero attached hydrogens (tertiary/aromatic N) is 3. The van der Waals surface area contributed by atoms with E-state index in [4.69, 9.17) is 0 Å². The molecule has 0 spiro atoms. The van der Waals surface area contributed by atoms with Gasteiger partial charge >= 0.3 is 5.97 Å². The Morgan fingerprint density at radius 3 is 2.96 bits per heavy atom. The fraction of sp³-hybridized carbons (Fsp3) is 0.444. The molecule has 8 heteroatoms. The van der Waals surface area contributed by atoms with Gasteiger partial charge in [-0.25, -0.2) is 9.78 Å². The minimum absolute atomic E-state index is 0.0953. The number of carboxylic acid groups (broad SMARTS) is 1. The van der Waals surface area contributed by atoms with E-state index in [1.165, 1.54) is 6.20 Å². The summed E-state index contributed by atoms with van der Waals surface area (Å²) < 4.78 is 0. The number of aromatic carboxylic acids is 1. The molecule has 1 aliphatic rings. The highest BCUT2D eigenvalue weighted by atomic mass is 16.4. The standard InChI is InChI=1S/C18H21N5O3/c1-18(2,10-19)17(26)23-7-3-4-11(9-23)22-14-12-5-6-20-15(12)21-8-13(14)16(24)25/h5-6,8,11H,3-4,7,9H2,1-2H3,(H,24,25)(H2,20,21,22)/t11-/m1/s1. The molecule has 0 unspecified atom stereocenters. The SMILES string of the molecule is CC(C)(C#N)C(=O)N1CCC[C@@H](Nc2c(C(=O)O)cnc3[nH]ccc23)C1. The Bertz CT molecular complexity index is 896. The third-order valence-electron chi connectivity index (χ3n) is 4.69. The van der Waals surface area contributed by atoms with Crippen LogP contribution in [0.15, 0.2) is 18.5 Å². The Kier molecular flexibility index (Phi) is 4.55. The maximum Gasteiger partial charge on any atom is 0.339 e. The number of likely N-dealkylation sites (tertiary alicyclic amines) is 1. The molecule has 3 rings (SSSR count). The number of carbonyl (C=O) groups is 2. The molecule has 26 heavy (non-hydrogen) atoms. The molecule has 1 amide bonds. The molecule has 0 radical (unpaired) electrons. The van der Waals surface area contributed by atoms with Crippen LogP contribution in [0.25, 0.3) is 11.0 Å². The van der Waals surface area contributed by atoms with E-state index in [9.17, 15) is 20.0 Å². The van der Waals surface area contributed by atoms with Gasteiger partial charge in [-0.2, -0.15) is 5.26 Å². The second-order valence-corrected chi connectivity index (χ2v) is 7.06. The summed E-state index contributed by atoms with van der Waals surface area (Å²) in [7, 11) is 0. The fourth-order valence-electron chi connectivity index (χ4n) is 3.25. The molecule has 3 N–H and O–H groups in total. The molecule has 1 aliphatic heterocycles. The van der Waals surface area contributed by atoms with Gasteiger partial charge in [0.25, 0.3) is 0 Å². The van der Waals surface area contributed by atoms with Crippen LogP contribution in [0.1, 0.15) is 37.0 Å². The van der Waals surface area contributed by atoms with Crippen molar-refractivity contribution in [2.24, 2.45) is 5.41 Å². The summed E-state index contributed by atoms with van der Waals surface area (Å²) in [6, 6.07) is 3.73. The topological polar surface area (TPSA) is 122 Å². The number of carbonyl (C=O) groups excluding carboxylic acids is 1. The summed E-state index contributed by atoms with van der Waals surface area (Å²) in [4.78, 5) is 32.9. The molecule has 136 valence electrons. The molecule has 2 aromatic rings. The van der Waals surface area contributed by atoms with Gasteiger partial charge in [-0.1, -0.05) is 0 Å². The van der Waals surface area contributed by atoms with Gasteiger partial charge in [-0.3, -0.25) is 4.79 Å². The van der Waals surface area contributed by atoms with Gasteiger partial charge < -0.3 is 20.3 Å². The maximum absolute atomic E-state index is 12.6. The number of hydrogen-bond donors (Lipinski definition) is 3. The average molecular weight is 355 g/mol. The second-order valence-electron chi connectivity index (χ2n) is 7.06. The highest BCUT2D eigenvalue weighted by Crippen LogP contribution is 2.28. The predicted octanol–water partition coefficient (Wildman–Crippen LogP) is 2.21. The summed E-state index contributed by atoms with van der Waals surface area (Å²) in [5, 5.41) is 22.7. The van der Waals surface area contributed by atoms with E-state index in [0.717, 1.165) is 12.8 Å². The van der Waals surface area contributed by atoms with E-state index < -0.39 is 11.4 Å². The normalized spacial score (nSPS) is 17.7. The predicted molar refractivity (Wildman–Crippen MR) is 95.7 cm³/mol. The first-order valence-electron chi connectivity index (χ1n) is 8.50. The van der Waals surface area contributed by atoms with E-state index in [1.807, 2.05) is 6.07 Å². The zero-order valence-corrected chi connectivity index (χ0v) is 14.7. The maximum atomic E-state index is 12.6. The smallest absolute Gasteiger partial charge is 0.339 e. The summed E-state index contributed by atoms with van der Waals surface area (Å²) in [5.41, 5.74) is 0.131. The zero-order chi connectivity index (χ0) is 18.9. The van der Waals surface area contributed by atoms with Crippen LogP contribution < -0.4 is 5.32 Å². The van der Waals surface area contributed by atoms with Crippen molar-refractivity contribution in [1.29, 1.82) is 5.26 Å². The Balaban J connectivity index is 1.85. The number of aromatic amines is 1. The van der Waals surface area contributed by atoms with Crippen molar-refractivity contribution < 1.29 is 14.7 Å². The number of amides is 1. The van der Waals surface area contributed by atoms with Gasteiger partial charge in [0, 0.05) is 36.9 Å². The largest absolute Gasteiger partial charge is 0.478 e. The second kappa shape index (κ2) is 6.67. The molecule has 1 saturated heterocycles. The van der Waals surface area contributed by atoms with Crippen LogP contribution in [0.2, 0.25) is 0 Å². The molecule has 8 nitrogen and oxygen atoms in total. The van der Waals surface area contributed by atoms with E-state index in [2.05, 4.69) is 15.3 Å². The zero-order valence-electron chi connectivity index (χ0n) is 14.7. The molecule has 2 aromatic heterocycles. The summed E-state index contributed by atoms with van der Waals surface area (Å²) in [5.74, 6) is -1.26. The first-order chi connectivity index (χ1) is 12.3. The third kappa shape index (κ3) is 3.20. The number of aromatic nitrogens is 2. The first-order valence-corrected chi connectivity index (χ1v) is 8.50. The minimum Gasteiger partial charge on any atom is -0.478 e. The van der Waals surface area contributed by atoms with Crippen LogP contribution in [0, 0.1) is 16.7 Å². The quantitative estimate of drug-likeness (QED) is 0.773. The lowest BCUT2D eigenvalue weighted by Crippen LogP contribution is -2.49. The fourth-order valence-corrected chi connectivity index (χ4v) is 3.25. The molecule has 0 aromatic carbocycles. The van der Waals surface area contributed by atoms with Crippen molar-refractivity contribution in [3.05, 3.63) is 24.0 Å². The highest BCUT2D eigenvalue weighted by molar-refractivity contribution is 6.03. The van der Waals surface area contributed by atoms with Crippen molar-refractivity contribution in [3.63, 3.8) is 0 Å². The van der Waals surface area contributed by atoms with Gasteiger partial charge in [0.2, 0.25) is 5.91 Å². The van der Waals surface area contributed by atoms with Crippen LogP contribution >= 0.6 is 0 Å². The van der Waals surface area contributed by atoms with E-state index in [0.29, 0.717) is 29.8 Å². The lowest BCUT2D eigenvalue weighted by atomic mass is 9.92. The average Bonchev–Trinajstić information content (AvgIpc) is 3.10. The number of pyridine rings is 1. The minimum atomic E-state index is -1.07. The molecular weight excluding hydrogens is 334 g/mol. The van der Waals surface area contributed by atoms with Gasteiger partial charge in [-0.05, 0) is 32.8 Å². The number of nitriles is 1. The van der Waals surface area contributed by atoms with Crippen LogP contribution in [-0.2, 0) is 4.79 Å². The van der Waals surface area contributed by atoms with Crippen LogP contribution in [-0.4, -0.2) is 51.0 Å². The van der Waals surface area contributed by atoms with Gasteiger partial charge in [0.15, 0.2) is 0 Å². The monoisotopic (exact) mass is 355 g/mol. The van der Waals surface area contributed by atoms with Crippen LogP contribution in [0.5, 0.6) is 0 Å². The summed E-state index contributed by atoms with van der Waals surface area (Å²) in [6.45, 7) is 4.25. The molecular formula is C18H21N5O3. The Labute approximate surface area is 150 Å². The first kappa shape index (κ1) is 17.7. The Morgan fingerprint density at radius 1 is 1.50 bits per heavy atom. The van der Waals surface area contributed by atoms with Gasteiger partial charge in [0.05, 0.1) is 11.8 Å². The van der Waals surface area contributed by atoms with Crippen molar-refractivity contribution in [1.82, 2.24) is 14.9 Å². The summed E-state index contributed by atoms with van der Waals surface area (Å²) in [6.07, 6.45) is 4.63. The number of hydrogen-bond acceptors (Lipinski definition) is 5. The number of nitrogens with one attached hydrogen (secondary N) is 2. The molecule has 0 saturated carbocycles. The van der Waals surface area contributed by atoms with Crippen molar-refractivity contribution in [2.45, 2.75) is 32.7 Å². The lowest BCUT2D eigenvalue weighted by Gasteiger charge is -2.36. The van der Waals surface area contributed by atoms with Crippen LogP contribution in [0.3, 0.4) is 0 Å².